The summed E-state index contributed by atoms with van der Waals surface area (Å²) in [5.41, 5.74) is 6.87. The molecule has 27 nitrogen and oxygen atoms in total. The number of ether oxygens (including phenoxy) is 3. The number of piperazine rings is 3. The van der Waals surface area contributed by atoms with E-state index in [4.69, 9.17) is 14.2 Å². The van der Waals surface area contributed by atoms with Gasteiger partial charge < -0.3 is 90.9 Å². The summed E-state index contributed by atoms with van der Waals surface area (Å²) in [6.07, 6.45) is 3.57. The lowest BCUT2D eigenvalue weighted by atomic mass is 10.2. The molecule has 0 spiro atoms. The average Bonchev–Trinajstić information content (AvgIpc) is 1.68. The summed E-state index contributed by atoms with van der Waals surface area (Å²) < 4.78 is 108. The average molecular weight is 1520 g/mol. The van der Waals surface area contributed by atoms with E-state index in [1.165, 1.54) is 76.5 Å². The second-order valence-electron chi connectivity index (χ2n) is 26.4. The van der Waals surface area contributed by atoms with Crippen LogP contribution in [0.3, 0.4) is 0 Å². The number of nitrogens with zero attached hydrogens (tertiary/aromatic N) is 11. The van der Waals surface area contributed by atoms with E-state index < -0.39 is 46.8 Å². The number of carbonyl (C=O) groups is 3. The Labute approximate surface area is 633 Å². The van der Waals surface area contributed by atoms with Crippen LogP contribution in [0.1, 0.15) is 55.1 Å². The number of anilines is 9. The van der Waals surface area contributed by atoms with Crippen molar-refractivity contribution < 1.29 is 54.9 Å². The number of likely N-dealkylation sites (N-methyl/N-ethyl adjacent to an activating group) is 2. The smallest absolute Gasteiger partial charge is 0.260 e. The molecule has 0 aliphatic carbocycles. The van der Waals surface area contributed by atoms with Gasteiger partial charge in [0, 0.05) is 167 Å². The number of rotatable bonds is 19. The van der Waals surface area contributed by atoms with Gasteiger partial charge in [-0.15, -0.1) is 0 Å². The summed E-state index contributed by atoms with van der Waals surface area (Å²) in [6, 6.07) is 28.8. The quantitative estimate of drug-likeness (QED) is 0.0336. The lowest BCUT2D eigenvalue weighted by molar-refractivity contribution is 0.0952. The fraction of sp³-hybridized carbons (Fsp3) is 0.269. The number of aromatic nitrogens is 9. The van der Waals surface area contributed by atoms with Gasteiger partial charge in [-0.2, -0.15) is 0 Å². The first-order valence-corrected chi connectivity index (χ1v) is 35.8. The molecule has 6 aromatic carbocycles. The van der Waals surface area contributed by atoms with E-state index in [0.29, 0.717) is 79.9 Å². The molecular weight excluding hydrogens is 1440 g/mol. The first-order valence-electron chi connectivity index (χ1n) is 35.8. The largest absolute Gasteiger partial charge is 0.435 e. The lowest BCUT2D eigenvalue weighted by Crippen LogP contribution is -2.46. The number of carbonyl (C=O) groups excluding carboxylic acids is 3. The summed E-state index contributed by atoms with van der Waals surface area (Å²) in [4.78, 5) is 82.8. The van der Waals surface area contributed by atoms with Crippen LogP contribution in [-0.2, 0) is 0 Å². The third-order valence-corrected chi connectivity index (χ3v) is 19.0. The van der Waals surface area contributed by atoms with Crippen molar-refractivity contribution in [2.24, 2.45) is 0 Å². The van der Waals surface area contributed by atoms with Crippen LogP contribution in [0, 0.1) is 55.7 Å². The second kappa shape index (κ2) is 33.8. The van der Waals surface area contributed by atoms with Crippen LogP contribution in [0.5, 0.6) is 34.9 Å². The Balaban J connectivity index is 0.000000146. The number of aromatic amines is 3. The Bertz CT molecular complexity index is 5430. The van der Waals surface area contributed by atoms with Gasteiger partial charge in [0.25, 0.3) is 17.7 Å². The van der Waals surface area contributed by atoms with Crippen LogP contribution in [0.2, 0.25) is 0 Å². The minimum Gasteiger partial charge on any atom is -0.435 e. The molecule has 0 atom stereocenters. The number of aryl methyl sites for hydroxylation is 3. The number of H-pyrrole nitrogens is 3. The van der Waals surface area contributed by atoms with Gasteiger partial charge in [-0.05, 0) is 144 Å². The van der Waals surface area contributed by atoms with Gasteiger partial charge in [0.1, 0.15) is 53.1 Å². The van der Waals surface area contributed by atoms with Gasteiger partial charge in [-0.1, -0.05) is 6.92 Å². The molecule has 0 unspecified atom stereocenters. The van der Waals surface area contributed by atoms with Gasteiger partial charge in [-0.25, -0.2) is 56.2 Å². The van der Waals surface area contributed by atoms with E-state index in [1.807, 2.05) is 42.5 Å². The Morgan fingerprint density at radius 1 is 0.414 bits per heavy atom. The molecule has 3 fully saturated rings. The molecule has 3 aliphatic heterocycles. The number of amides is 3. The van der Waals surface area contributed by atoms with Gasteiger partial charge >= 0.3 is 0 Å². The van der Waals surface area contributed by atoms with E-state index in [1.54, 1.807) is 72.8 Å². The molecule has 33 heteroatoms. The van der Waals surface area contributed by atoms with E-state index in [2.05, 4.69) is 98.8 Å². The highest BCUT2D eigenvalue weighted by atomic mass is 19.1. The summed E-state index contributed by atoms with van der Waals surface area (Å²) >= 11 is 0. The zero-order chi connectivity index (χ0) is 78.1. The van der Waals surface area contributed by atoms with Gasteiger partial charge in [-0.3, -0.25) is 14.4 Å². The Kier molecular flexibility index (Phi) is 23.3. The number of benzene rings is 6. The standard InChI is InChI=1S/C27H29F2N7O2.C26H27F2N7O2.C25H25F2N7O2/c1-4-35-9-11-36(12-10-35)21-7-5-17(14-19(21)28)34-25-23(26(37)30-3)27(32-15-31-25)38-22-8-6-20-18(24(22)29)13-16(2)33-20;1-15-12-17-19(32-15)5-7-21(23(17)28)37-26-22(25(36)29-2)24(30-14-31-26)33-16-4-6-20(18(27)13-16)35-10-8-34(3)9-11-35;1-14-11-16-18(32-14)4-6-20(22(16)27)36-25-21(24(35)28-2)23(30-13-31-25)33-15-3-5-19(17(26)12-15)34-9-7-29-8-10-34/h5-8,13-15,33H,4,9-12H2,1-3H3,(H,30,37)(H,31,32,34);4-7,12-14,32H,8-11H2,1-3H3,(H,29,36)(H,30,31,33);3-6,11-13,29,32H,7-10H2,1-2H3,(H,28,35)(H,30,31,33). The van der Waals surface area contributed by atoms with Crippen molar-refractivity contribution in [3.05, 3.63) is 197 Å². The highest BCUT2D eigenvalue weighted by molar-refractivity contribution is 6.03. The van der Waals surface area contributed by atoms with Crippen molar-refractivity contribution >= 4 is 102 Å². The van der Waals surface area contributed by atoms with Crippen LogP contribution in [0.15, 0.2) is 128 Å². The molecule has 12 aromatic rings. The zero-order valence-electron chi connectivity index (χ0n) is 62.0. The molecular formula is C78H81F6N21O6. The highest BCUT2D eigenvalue weighted by Crippen LogP contribution is 2.39. The minimum absolute atomic E-state index is 0.0417. The molecule has 6 aromatic heterocycles. The Hall–Kier alpha value is -12.8. The predicted molar refractivity (Wildman–Crippen MR) is 414 cm³/mol. The number of hydrogen-bond acceptors (Lipinski definition) is 21. The maximum absolute atomic E-state index is 15.2. The number of nitrogens with one attached hydrogen (secondary N) is 10. The van der Waals surface area contributed by atoms with Crippen molar-refractivity contribution in [1.29, 1.82) is 0 Å². The molecule has 0 bridgehead atoms. The maximum atomic E-state index is 15.2. The molecule has 3 saturated heterocycles. The molecule has 0 saturated carbocycles. The Morgan fingerprint density at radius 2 is 0.730 bits per heavy atom. The SMILES string of the molecule is CCN1CCN(c2ccc(Nc3ncnc(Oc4ccc5[nH]c(C)cc5c4F)c3C(=O)NC)cc2F)CC1.CNC(=O)c1c(Nc2ccc(N3CCN(C)CC3)c(F)c2)ncnc1Oc1ccc2[nH]c(C)cc2c1F.CNC(=O)c1c(Nc2ccc(N3CCNCC3)c(F)c2)ncnc1Oc1ccc2[nH]c(C)cc2c1F. The van der Waals surface area contributed by atoms with Crippen molar-refractivity contribution in [1.82, 2.24) is 75.9 Å². The van der Waals surface area contributed by atoms with Crippen LogP contribution >= 0.6 is 0 Å². The van der Waals surface area contributed by atoms with Crippen molar-refractivity contribution in [2.75, 3.05) is 144 Å². The van der Waals surface area contributed by atoms with E-state index in [9.17, 15) is 18.8 Å². The van der Waals surface area contributed by atoms with Crippen molar-refractivity contribution in [3.8, 4) is 34.9 Å². The summed E-state index contributed by atoms with van der Waals surface area (Å²) in [5.74, 6) is -5.00. The first-order chi connectivity index (χ1) is 53.6. The number of hydrogen-bond donors (Lipinski definition) is 10. The second-order valence-corrected chi connectivity index (χ2v) is 26.4. The van der Waals surface area contributed by atoms with Gasteiger partial charge in [0.05, 0.1) is 17.1 Å². The van der Waals surface area contributed by atoms with Crippen LogP contribution in [-0.4, -0.2) is 186 Å². The third-order valence-electron chi connectivity index (χ3n) is 19.0. The molecule has 15 rings (SSSR count). The molecule has 9 heterocycles. The molecule has 576 valence electrons. The highest BCUT2D eigenvalue weighted by Gasteiger charge is 2.29. The van der Waals surface area contributed by atoms with E-state index in [-0.39, 0.29) is 74.8 Å². The summed E-state index contributed by atoms with van der Waals surface area (Å²) in [5, 5.41) is 20.8. The Morgan fingerprint density at radius 3 is 1.04 bits per heavy atom. The number of fused-ring (bicyclic) bond motifs is 3. The van der Waals surface area contributed by atoms with Gasteiger partial charge in [0.2, 0.25) is 17.6 Å². The fourth-order valence-electron chi connectivity index (χ4n) is 13.2. The molecule has 111 heavy (non-hydrogen) atoms. The zero-order valence-corrected chi connectivity index (χ0v) is 62.0. The lowest BCUT2D eigenvalue weighted by Gasteiger charge is -2.35. The first kappa shape index (κ1) is 76.4. The van der Waals surface area contributed by atoms with Crippen LogP contribution < -0.4 is 66.1 Å². The van der Waals surface area contributed by atoms with Crippen LogP contribution in [0.25, 0.3) is 32.7 Å². The molecule has 3 amide bonds. The maximum Gasteiger partial charge on any atom is 0.260 e. The predicted octanol–water partition coefficient (Wildman–Crippen LogP) is 12.6. The van der Waals surface area contributed by atoms with Gasteiger partial charge in [0.15, 0.2) is 52.2 Å². The minimum atomic E-state index is -0.585. The molecule has 0 radical (unpaired) electrons. The normalized spacial score (nSPS) is 13.9. The topological polar surface area (TPSA) is 304 Å². The monoisotopic (exact) mass is 1520 g/mol. The fourth-order valence-corrected chi connectivity index (χ4v) is 13.2. The van der Waals surface area contributed by atoms with E-state index >= 15 is 22.0 Å². The summed E-state index contributed by atoms with van der Waals surface area (Å²) in [7, 11) is 6.38. The van der Waals surface area contributed by atoms with Crippen LogP contribution in [0.4, 0.5) is 77.9 Å². The molecule has 10 N–H and O–H groups in total. The van der Waals surface area contributed by atoms with Crippen molar-refractivity contribution in [2.45, 2.75) is 27.7 Å². The number of halogens is 6. The van der Waals surface area contributed by atoms with E-state index in [0.717, 1.165) is 89.1 Å². The van der Waals surface area contributed by atoms with Crippen molar-refractivity contribution in [3.63, 3.8) is 0 Å². The third kappa shape index (κ3) is 17.1. The molecule has 3 aliphatic rings. The summed E-state index contributed by atoms with van der Waals surface area (Å²) in [6.45, 7) is 18.0.